The largest absolute Gasteiger partial charge is 0.371 e. The third kappa shape index (κ3) is 2.89. The first-order valence-corrected chi connectivity index (χ1v) is 8.47. The average Bonchev–Trinajstić information content (AvgIpc) is 3.31. The number of hydrogen-bond acceptors (Lipinski definition) is 6. The summed E-state index contributed by atoms with van der Waals surface area (Å²) in [6.07, 6.45) is 9.50. The number of aromatic nitrogens is 4. The number of aryl methyl sites for hydroxylation is 1. The second kappa shape index (κ2) is 6.14. The third-order valence-corrected chi connectivity index (χ3v) is 5.30. The molecule has 24 heavy (non-hydrogen) atoms. The van der Waals surface area contributed by atoms with Crippen LogP contribution >= 0.6 is 0 Å². The third-order valence-electron chi connectivity index (χ3n) is 5.30. The van der Waals surface area contributed by atoms with Crippen LogP contribution in [0.25, 0.3) is 0 Å². The average molecular weight is 328 g/mol. The predicted molar refractivity (Wildman–Crippen MR) is 90.6 cm³/mol. The van der Waals surface area contributed by atoms with Gasteiger partial charge in [0.15, 0.2) is 0 Å². The van der Waals surface area contributed by atoms with Crippen molar-refractivity contribution >= 4 is 5.95 Å². The van der Waals surface area contributed by atoms with Crippen LogP contribution in [0.2, 0.25) is 0 Å². The Labute approximate surface area is 142 Å². The highest BCUT2D eigenvalue weighted by atomic mass is 16.5. The van der Waals surface area contributed by atoms with Gasteiger partial charge in [0.2, 0.25) is 5.95 Å². The first-order valence-electron chi connectivity index (χ1n) is 8.47. The Balaban J connectivity index is 1.39. The molecule has 0 aliphatic carbocycles. The van der Waals surface area contributed by atoms with Gasteiger partial charge in [-0.05, 0) is 12.5 Å². The maximum absolute atomic E-state index is 6.28. The smallest absolute Gasteiger partial charge is 0.225 e. The van der Waals surface area contributed by atoms with Crippen LogP contribution in [0.5, 0.6) is 0 Å². The highest BCUT2D eigenvalue weighted by Gasteiger charge is 2.46. The summed E-state index contributed by atoms with van der Waals surface area (Å²) in [4.78, 5) is 17.5. The molecular formula is C17H24N6O. The van der Waals surface area contributed by atoms with Gasteiger partial charge in [-0.1, -0.05) is 0 Å². The Morgan fingerprint density at radius 3 is 2.96 bits per heavy atom. The molecule has 2 aromatic heterocycles. The standard InChI is InChI=1S/C17H24N6O/c1-21-13-18-9-15(21)10-23-7-4-17(12-23)8-14(11-24-17)22(2)16-19-5-3-6-20-16/h3,5-6,9,13-14H,4,7-8,10-12H2,1-2H3/t14-,17-/m0/s1. The molecule has 128 valence electrons. The minimum absolute atomic E-state index is 0.0215. The van der Waals surface area contributed by atoms with Crippen LogP contribution in [0.1, 0.15) is 18.5 Å². The van der Waals surface area contributed by atoms with Crippen LogP contribution in [0.15, 0.2) is 31.0 Å². The van der Waals surface area contributed by atoms with E-state index < -0.39 is 0 Å². The highest BCUT2D eigenvalue weighted by Crippen LogP contribution is 2.37. The maximum Gasteiger partial charge on any atom is 0.225 e. The van der Waals surface area contributed by atoms with Crippen molar-refractivity contribution in [1.82, 2.24) is 24.4 Å². The molecule has 2 saturated heterocycles. The van der Waals surface area contributed by atoms with E-state index in [1.807, 2.05) is 25.6 Å². The molecule has 0 bridgehead atoms. The van der Waals surface area contributed by atoms with Crippen molar-refractivity contribution in [2.45, 2.75) is 31.0 Å². The van der Waals surface area contributed by atoms with E-state index >= 15 is 0 Å². The molecule has 4 rings (SSSR count). The number of imidazole rings is 1. The fraction of sp³-hybridized carbons (Fsp3) is 0.588. The Morgan fingerprint density at radius 1 is 1.38 bits per heavy atom. The molecule has 0 radical (unpaired) electrons. The molecule has 0 N–H and O–H groups in total. The van der Waals surface area contributed by atoms with E-state index in [0.29, 0.717) is 6.04 Å². The Morgan fingerprint density at radius 2 is 2.21 bits per heavy atom. The van der Waals surface area contributed by atoms with Crippen molar-refractivity contribution in [2.75, 3.05) is 31.6 Å². The summed E-state index contributed by atoms with van der Waals surface area (Å²) in [6, 6.07) is 2.18. The van der Waals surface area contributed by atoms with Crippen molar-refractivity contribution in [3.63, 3.8) is 0 Å². The first-order chi connectivity index (χ1) is 11.7. The number of likely N-dealkylation sites (N-methyl/N-ethyl adjacent to an activating group) is 1. The lowest BCUT2D eigenvalue weighted by molar-refractivity contribution is 0.0117. The molecule has 0 saturated carbocycles. The van der Waals surface area contributed by atoms with Crippen molar-refractivity contribution in [3.8, 4) is 0 Å². The van der Waals surface area contributed by atoms with E-state index in [-0.39, 0.29) is 5.60 Å². The summed E-state index contributed by atoms with van der Waals surface area (Å²) in [5.74, 6) is 0.771. The van der Waals surface area contributed by atoms with E-state index in [9.17, 15) is 0 Å². The number of anilines is 1. The molecule has 2 atom stereocenters. The Bertz CT molecular complexity index is 689. The molecule has 1 spiro atoms. The number of rotatable bonds is 4. The molecule has 2 aromatic rings. The van der Waals surface area contributed by atoms with Crippen molar-refractivity contribution < 1.29 is 4.74 Å². The fourth-order valence-corrected chi connectivity index (χ4v) is 3.82. The summed E-state index contributed by atoms with van der Waals surface area (Å²) >= 11 is 0. The zero-order valence-corrected chi connectivity index (χ0v) is 14.3. The number of likely N-dealkylation sites (tertiary alicyclic amines) is 1. The summed E-state index contributed by atoms with van der Waals surface area (Å²) in [6.45, 7) is 3.74. The number of nitrogens with zero attached hydrogens (tertiary/aromatic N) is 6. The molecule has 4 heterocycles. The monoisotopic (exact) mass is 328 g/mol. The van der Waals surface area contributed by atoms with Crippen LogP contribution in [0, 0.1) is 0 Å². The van der Waals surface area contributed by atoms with Crippen LogP contribution < -0.4 is 4.90 Å². The van der Waals surface area contributed by atoms with Crippen LogP contribution in [0.4, 0.5) is 5.95 Å². The van der Waals surface area contributed by atoms with Gasteiger partial charge in [0.1, 0.15) is 0 Å². The topological polar surface area (TPSA) is 59.3 Å². The normalized spacial score (nSPS) is 27.2. The molecule has 0 aromatic carbocycles. The molecule has 0 unspecified atom stereocenters. The molecular weight excluding hydrogens is 304 g/mol. The fourth-order valence-electron chi connectivity index (χ4n) is 3.82. The van der Waals surface area contributed by atoms with Crippen molar-refractivity contribution in [3.05, 3.63) is 36.7 Å². The van der Waals surface area contributed by atoms with Gasteiger partial charge in [0.25, 0.3) is 0 Å². The van der Waals surface area contributed by atoms with Gasteiger partial charge < -0.3 is 14.2 Å². The molecule has 2 aliphatic rings. The van der Waals surface area contributed by atoms with Gasteiger partial charge in [-0.15, -0.1) is 0 Å². The van der Waals surface area contributed by atoms with Gasteiger partial charge in [-0.3, -0.25) is 4.90 Å². The van der Waals surface area contributed by atoms with E-state index in [2.05, 4.69) is 36.4 Å². The zero-order valence-electron chi connectivity index (χ0n) is 14.3. The van der Waals surface area contributed by atoms with Crippen LogP contribution in [0.3, 0.4) is 0 Å². The lowest BCUT2D eigenvalue weighted by Gasteiger charge is -2.26. The molecule has 0 amide bonds. The lowest BCUT2D eigenvalue weighted by atomic mass is 9.97. The molecule has 7 nitrogen and oxygen atoms in total. The van der Waals surface area contributed by atoms with E-state index in [1.54, 1.807) is 12.4 Å². The van der Waals surface area contributed by atoms with Crippen LogP contribution in [-0.4, -0.2) is 62.8 Å². The molecule has 2 fully saturated rings. The predicted octanol–water partition coefficient (Wildman–Crippen LogP) is 1.08. The van der Waals surface area contributed by atoms with Crippen molar-refractivity contribution in [2.24, 2.45) is 7.05 Å². The number of ether oxygens (including phenoxy) is 1. The summed E-state index contributed by atoms with van der Waals surface area (Å²) < 4.78 is 8.36. The number of hydrogen-bond donors (Lipinski definition) is 0. The summed E-state index contributed by atoms with van der Waals surface area (Å²) in [7, 11) is 4.11. The molecule has 2 aliphatic heterocycles. The van der Waals surface area contributed by atoms with Gasteiger partial charge in [-0.2, -0.15) is 0 Å². The summed E-state index contributed by atoms with van der Waals surface area (Å²) in [5, 5.41) is 0. The van der Waals surface area contributed by atoms with Gasteiger partial charge in [0.05, 0.1) is 30.3 Å². The van der Waals surface area contributed by atoms with E-state index in [1.165, 1.54) is 5.69 Å². The lowest BCUT2D eigenvalue weighted by Crippen LogP contribution is -2.36. The minimum atomic E-state index is -0.0215. The van der Waals surface area contributed by atoms with Crippen molar-refractivity contribution in [1.29, 1.82) is 0 Å². The Kier molecular flexibility index (Phi) is 3.97. The Hall–Kier alpha value is -1.99. The first kappa shape index (κ1) is 15.5. The highest BCUT2D eigenvalue weighted by molar-refractivity contribution is 5.30. The zero-order chi connectivity index (χ0) is 16.6. The second-order valence-corrected chi connectivity index (χ2v) is 6.97. The van der Waals surface area contributed by atoms with Gasteiger partial charge in [-0.25, -0.2) is 15.0 Å². The van der Waals surface area contributed by atoms with E-state index in [4.69, 9.17) is 4.74 Å². The molecule has 7 heteroatoms. The quantitative estimate of drug-likeness (QED) is 0.837. The van der Waals surface area contributed by atoms with Crippen LogP contribution in [-0.2, 0) is 18.3 Å². The second-order valence-electron chi connectivity index (χ2n) is 6.97. The summed E-state index contributed by atoms with van der Waals surface area (Å²) in [5.41, 5.74) is 1.23. The van der Waals surface area contributed by atoms with E-state index in [0.717, 1.165) is 45.0 Å². The minimum Gasteiger partial charge on any atom is -0.371 e. The van der Waals surface area contributed by atoms with Gasteiger partial charge in [0, 0.05) is 58.7 Å². The maximum atomic E-state index is 6.28. The SMILES string of the molecule is CN(c1ncccn1)[C@@H]1CO[C@@]2(CCN(Cc3cncn3C)C2)C1. The van der Waals surface area contributed by atoms with Gasteiger partial charge >= 0.3 is 0 Å².